The molecule has 1 fully saturated rings. The van der Waals surface area contributed by atoms with E-state index in [2.05, 4.69) is 27.7 Å². The summed E-state index contributed by atoms with van der Waals surface area (Å²) in [5, 5.41) is 6.05. The average molecular weight is 446 g/mol. The summed E-state index contributed by atoms with van der Waals surface area (Å²) in [5.74, 6) is 0.0166. The number of rotatable bonds is 7. The molecule has 0 atom stereocenters. The summed E-state index contributed by atoms with van der Waals surface area (Å²) in [6.45, 7) is 1.80. The van der Waals surface area contributed by atoms with Crippen molar-refractivity contribution in [3.05, 3.63) is 84.9 Å². The first-order valence-corrected chi connectivity index (χ1v) is 11.7. The molecule has 0 bridgehead atoms. The number of nitrogens with zero attached hydrogens (tertiary/aromatic N) is 1. The molecule has 32 heavy (non-hydrogen) atoms. The van der Waals surface area contributed by atoms with E-state index in [1.165, 1.54) is 0 Å². The predicted octanol–water partition coefficient (Wildman–Crippen LogP) is 5.13. The Balaban J connectivity index is 1.26. The molecule has 1 aliphatic heterocycles. The van der Waals surface area contributed by atoms with Crippen LogP contribution in [0.15, 0.2) is 94.7 Å². The lowest BCUT2D eigenvalue weighted by atomic mass is 9.96. The van der Waals surface area contributed by atoms with E-state index in [9.17, 15) is 9.59 Å². The van der Waals surface area contributed by atoms with Crippen LogP contribution in [0.5, 0.6) is 0 Å². The summed E-state index contributed by atoms with van der Waals surface area (Å²) in [5.41, 5.74) is 1.65. The minimum atomic E-state index is -0.0294. The van der Waals surface area contributed by atoms with Gasteiger partial charge in [-0.3, -0.25) is 14.5 Å². The van der Waals surface area contributed by atoms with E-state index in [0.29, 0.717) is 6.54 Å². The highest BCUT2D eigenvalue weighted by molar-refractivity contribution is 7.99. The van der Waals surface area contributed by atoms with Crippen molar-refractivity contribution in [1.82, 2.24) is 4.90 Å². The van der Waals surface area contributed by atoms with Crippen LogP contribution in [0.2, 0.25) is 0 Å². The molecule has 0 spiro atoms. The van der Waals surface area contributed by atoms with Gasteiger partial charge in [0, 0.05) is 21.4 Å². The summed E-state index contributed by atoms with van der Waals surface area (Å²) in [6.07, 6.45) is 1.51. The van der Waals surface area contributed by atoms with Gasteiger partial charge in [-0.15, -0.1) is 0 Å². The summed E-state index contributed by atoms with van der Waals surface area (Å²) in [6, 6.07) is 27.5. The molecular weight excluding hydrogens is 418 g/mol. The number of likely N-dealkylation sites (tertiary alicyclic amines) is 1. The third-order valence-corrected chi connectivity index (χ3v) is 6.58. The molecule has 2 N–H and O–H groups in total. The second-order valence-electron chi connectivity index (χ2n) is 7.87. The Morgan fingerprint density at radius 2 is 1.44 bits per heavy atom. The zero-order valence-corrected chi connectivity index (χ0v) is 18.7. The van der Waals surface area contributed by atoms with Crippen molar-refractivity contribution in [3.63, 3.8) is 0 Å². The minimum absolute atomic E-state index is 0.0162. The van der Waals surface area contributed by atoms with Crippen molar-refractivity contribution in [2.24, 2.45) is 5.92 Å². The second-order valence-corrected chi connectivity index (χ2v) is 8.98. The van der Waals surface area contributed by atoms with E-state index in [0.717, 1.165) is 47.1 Å². The van der Waals surface area contributed by atoms with Gasteiger partial charge in [-0.2, -0.15) is 0 Å². The highest BCUT2D eigenvalue weighted by atomic mass is 32.2. The van der Waals surface area contributed by atoms with Crippen LogP contribution in [0.4, 0.5) is 11.4 Å². The first kappa shape index (κ1) is 22.1. The Bertz CT molecular complexity index is 1040. The van der Waals surface area contributed by atoms with Gasteiger partial charge in [0.05, 0.1) is 12.2 Å². The largest absolute Gasteiger partial charge is 0.326 e. The van der Waals surface area contributed by atoms with Gasteiger partial charge in [-0.25, -0.2) is 0 Å². The average Bonchev–Trinajstić information content (AvgIpc) is 2.82. The van der Waals surface area contributed by atoms with E-state index in [-0.39, 0.29) is 17.7 Å². The fourth-order valence-electron chi connectivity index (χ4n) is 3.79. The molecule has 4 rings (SSSR count). The number of carbonyl (C=O) groups excluding carboxylic acids is 2. The van der Waals surface area contributed by atoms with Gasteiger partial charge in [-0.05, 0) is 62.3 Å². The first-order chi connectivity index (χ1) is 15.7. The number of piperidine rings is 1. The van der Waals surface area contributed by atoms with E-state index >= 15 is 0 Å². The zero-order chi connectivity index (χ0) is 22.2. The number of hydrogen-bond donors (Lipinski definition) is 2. The van der Waals surface area contributed by atoms with Crippen LogP contribution in [0.3, 0.4) is 0 Å². The van der Waals surface area contributed by atoms with Crippen molar-refractivity contribution in [2.75, 3.05) is 30.3 Å². The Hall–Kier alpha value is -3.09. The van der Waals surface area contributed by atoms with Gasteiger partial charge >= 0.3 is 0 Å². The Labute approximate surface area is 193 Å². The lowest BCUT2D eigenvalue weighted by Gasteiger charge is -2.30. The van der Waals surface area contributed by atoms with E-state index in [4.69, 9.17) is 0 Å². The van der Waals surface area contributed by atoms with Gasteiger partial charge < -0.3 is 10.6 Å². The number of amides is 2. The molecule has 0 saturated carbocycles. The van der Waals surface area contributed by atoms with Crippen LogP contribution in [-0.4, -0.2) is 36.3 Å². The molecule has 2 amide bonds. The maximum atomic E-state index is 12.7. The van der Waals surface area contributed by atoms with Crippen molar-refractivity contribution in [2.45, 2.75) is 22.6 Å². The molecule has 0 aliphatic carbocycles. The number of carbonyl (C=O) groups is 2. The fourth-order valence-corrected chi connectivity index (χ4v) is 4.71. The predicted molar refractivity (Wildman–Crippen MR) is 130 cm³/mol. The molecule has 5 nitrogen and oxygen atoms in total. The van der Waals surface area contributed by atoms with Gasteiger partial charge in [0.1, 0.15) is 0 Å². The third-order valence-electron chi connectivity index (χ3n) is 5.50. The number of nitrogens with one attached hydrogen (secondary N) is 2. The summed E-state index contributed by atoms with van der Waals surface area (Å²) < 4.78 is 0. The Morgan fingerprint density at radius 1 is 0.812 bits per heavy atom. The Morgan fingerprint density at radius 3 is 2.16 bits per heavy atom. The van der Waals surface area contributed by atoms with Gasteiger partial charge in [0.15, 0.2) is 0 Å². The van der Waals surface area contributed by atoms with Crippen molar-refractivity contribution in [1.29, 1.82) is 0 Å². The molecule has 1 saturated heterocycles. The van der Waals surface area contributed by atoms with E-state index in [1.807, 2.05) is 72.8 Å². The van der Waals surface area contributed by atoms with E-state index in [1.54, 1.807) is 11.8 Å². The molecule has 164 valence electrons. The van der Waals surface area contributed by atoms with Crippen LogP contribution in [0, 0.1) is 5.92 Å². The molecule has 6 heteroatoms. The molecule has 1 aliphatic rings. The van der Waals surface area contributed by atoms with Crippen LogP contribution in [-0.2, 0) is 9.59 Å². The molecular formula is C26H27N3O2S. The molecule has 0 unspecified atom stereocenters. The number of hydrogen-bond acceptors (Lipinski definition) is 4. The van der Waals surface area contributed by atoms with Crippen molar-refractivity contribution < 1.29 is 9.59 Å². The maximum absolute atomic E-state index is 12.7. The standard InChI is InChI=1S/C26H27N3O2S/c30-25(28-23-13-7-8-14-24(23)32-22-11-5-2-6-12-22)19-29-17-15-20(16-18-29)26(31)27-21-9-3-1-4-10-21/h1-14,20H,15-19H2,(H,27,31)(H,28,30). The molecule has 0 aromatic heterocycles. The number of anilines is 2. The first-order valence-electron chi connectivity index (χ1n) is 10.9. The topological polar surface area (TPSA) is 61.4 Å². The third kappa shape index (κ3) is 6.22. The molecule has 3 aromatic rings. The Kier molecular flexibility index (Phi) is 7.59. The van der Waals surface area contributed by atoms with Crippen molar-refractivity contribution >= 4 is 35.0 Å². The van der Waals surface area contributed by atoms with Gasteiger partial charge in [0.25, 0.3) is 0 Å². The molecule has 1 heterocycles. The van der Waals surface area contributed by atoms with Crippen LogP contribution in [0.25, 0.3) is 0 Å². The van der Waals surface area contributed by atoms with Crippen molar-refractivity contribution in [3.8, 4) is 0 Å². The molecule has 0 radical (unpaired) electrons. The number of para-hydroxylation sites is 2. The highest BCUT2D eigenvalue weighted by Gasteiger charge is 2.26. The van der Waals surface area contributed by atoms with Crippen LogP contribution >= 0.6 is 11.8 Å². The SMILES string of the molecule is O=C(CN1CCC(C(=O)Nc2ccccc2)CC1)Nc1ccccc1Sc1ccccc1. The minimum Gasteiger partial charge on any atom is -0.326 e. The van der Waals surface area contributed by atoms with Crippen LogP contribution in [0.1, 0.15) is 12.8 Å². The second kappa shape index (κ2) is 11.0. The quantitative estimate of drug-likeness (QED) is 0.529. The van der Waals surface area contributed by atoms with E-state index < -0.39 is 0 Å². The normalized spacial score (nSPS) is 14.6. The monoisotopic (exact) mass is 445 g/mol. The lowest BCUT2D eigenvalue weighted by Crippen LogP contribution is -2.41. The number of benzene rings is 3. The fraction of sp³-hybridized carbons (Fsp3) is 0.231. The summed E-state index contributed by atoms with van der Waals surface area (Å²) in [7, 11) is 0. The zero-order valence-electron chi connectivity index (χ0n) is 17.9. The summed E-state index contributed by atoms with van der Waals surface area (Å²) in [4.78, 5) is 29.5. The molecule has 3 aromatic carbocycles. The lowest BCUT2D eigenvalue weighted by molar-refractivity contribution is -0.121. The maximum Gasteiger partial charge on any atom is 0.238 e. The summed E-state index contributed by atoms with van der Waals surface area (Å²) >= 11 is 1.63. The highest BCUT2D eigenvalue weighted by Crippen LogP contribution is 2.33. The van der Waals surface area contributed by atoms with Crippen LogP contribution < -0.4 is 10.6 Å². The smallest absolute Gasteiger partial charge is 0.238 e. The van der Waals surface area contributed by atoms with Gasteiger partial charge in [-0.1, -0.05) is 60.3 Å². The van der Waals surface area contributed by atoms with Gasteiger partial charge in [0.2, 0.25) is 11.8 Å².